The van der Waals surface area contributed by atoms with E-state index in [1.807, 2.05) is 11.0 Å². The molecule has 0 saturated carbocycles. The van der Waals surface area contributed by atoms with Crippen LogP contribution in [0.3, 0.4) is 0 Å². The van der Waals surface area contributed by atoms with Crippen LogP contribution in [-0.4, -0.2) is 54.4 Å². The van der Waals surface area contributed by atoms with Gasteiger partial charge in [-0.15, -0.1) is 0 Å². The van der Waals surface area contributed by atoms with Crippen LogP contribution >= 0.6 is 0 Å². The van der Waals surface area contributed by atoms with Crippen molar-refractivity contribution in [2.24, 2.45) is 0 Å². The van der Waals surface area contributed by atoms with Crippen molar-refractivity contribution in [1.29, 1.82) is 0 Å². The van der Waals surface area contributed by atoms with Crippen LogP contribution < -0.4 is 0 Å². The lowest BCUT2D eigenvalue weighted by Gasteiger charge is -2.23. The molecular weight excluding hydrogens is 314 g/mol. The van der Waals surface area contributed by atoms with Gasteiger partial charge in [0.25, 0.3) is 0 Å². The average Bonchev–Trinajstić information content (AvgIpc) is 2.80. The van der Waals surface area contributed by atoms with Gasteiger partial charge in [0.05, 0.1) is 18.5 Å². The Bertz CT molecular complexity index is 596. The SMILES string of the molecule is CS(=O)(=O)N(CCC(=O)N1CCCCCC1)Cc1ccccn1. The van der Waals surface area contributed by atoms with E-state index in [0.29, 0.717) is 5.69 Å². The highest BCUT2D eigenvalue weighted by molar-refractivity contribution is 7.88. The topological polar surface area (TPSA) is 70.6 Å². The zero-order chi connectivity index (χ0) is 16.7. The monoisotopic (exact) mass is 339 g/mol. The highest BCUT2D eigenvalue weighted by Crippen LogP contribution is 2.12. The summed E-state index contributed by atoms with van der Waals surface area (Å²) < 4.78 is 25.2. The third-order valence-corrected chi connectivity index (χ3v) is 5.32. The van der Waals surface area contributed by atoms with Crippen LogP contribution in [0.5, 0.6) is 0 Å². The first kappa shape index (κ1) is 17.9. The van der Waals surface area contributed by atoms with Gasteiger partial charge < -0.3 is 4.90 Å². The Morgan fingerprint density at radius 1 is 1.22 bits per heavy atom. The molecule has 7 heteroatoms. The van der Waals surface area contributed by atoms with E-state index < -0.39 is 10.0 Å². The van der Waals surface area contributed by atoms with Gasteiger partial charge in [0.15, 0.2) is 0 Å². The molecule has 1 fully saturated rings. The second-order valence-electron chi connectivity index (χ2n) is 5.96. The smallest absolute Gasteiger partial charge is 0.223 e. The molecule has 2 rings (SSSR count). The summed E-state index contributed by atoms with van der Waals surface area (Å²) in [6.45, 7) is 1.98. The largest absolute Gasteiger partial charge is 0.343 e. The number of carbonyl (C=O) groups is 1. The number of carbonyl (C=O) groups excluding carboxylic acids is 1. The third kappa shape index (κ3) is 5.91. The lowest BCUT2D eigenvalue weighted by molar-refractivity contribution is -0.131. The van der Waals surface area contributed by atoms with Crippen LogP contribution in [-0.2, 0) is 21.4 Å². The number of sulfonamides is 1. The summed E-state index contributed by atoms with van der Waals surface area (Å²) in [5.74, 6) is 0.0431. The van der Waals surface area contributed by atoms with Crippen molar-refractivity contribution >= 4 is 15.9 Å². The number of hydrogen-bond donors (Lipinski definition) is 0. The van der Waals surface area contributed by atoms with E-state index in [1.165, 1.54) is 23.4 Å². The molecule has 23 heavy (non-hydrogen) atoms. The molecule has 0 spiro atoms. The minimum atomic E-state index is -3.37. The number of nitrogens with zero attached hydrogens (tertiary/aromatic N) is 3. The molecule has 0 atom stereocenters. The Morgan fingerprint density at radius 3 is 2.48 bits per heavy atom. The molecule has 1 aliphatic heterocycles. The molecule has 1 aliphatic rings. The van der Waals surface area contributed by atoms with E-state index in [1.54, 1.807) is 18.3 Å². The zero-order valence-corrected chi connectivity index (χ0v) is 14.5. The molecule has 1 aromatic heterocycles. The summed E-state index contributed by atoms with van der Waals surface area (Å²) in [6.07, 6.45) is 7.44. The van der Waals surface area contributed by atoms with Crippen molar-refractivity contribution in [1.82, 2.24) is 14.2 Å². The number of amides is 1. The Kier molecular flexibility index (Phi) is 6.53. The Morgan fingerprint density at radius 2 is 1.91 bits per heavy atom. The standard InChI is InChI=1S/C16H25N3O3S/c1-23(21,22)19(14-15-8-4-5-10-17-15)13-9-16(20)18-11-6-2-3-7-12-18/h4-5,8,10H,2-3,6-7,9,11-14H2,1H3. The fourth-order valence-corrected chi connectivity index (χ4v) is 3.52. The van der Waals surface area contributed by atoms with E-state index in [9.17, 15) is 13.2 Å². The van der Waals surface area contributed by atoms with Gasteiger partial charge in [-0.2, -0.15) is 4.31 Å². The maximum absolute atomic E-state index is 12.3. The Balaban J connectivity index is 1.94. The zero-order valence-electron chi connectivity index (χ0n) is 13.6. The molecule has 1 aromatic rings. The predicted molar refractivity (Wildman–Crippen MR) is 89.2 cm³/mol. The van der Waals surface area contributed by atoms with Gasteiger partial charge in [-0.05, 0) is 25.0 Å². The van der Waals surface area contributed by atoms with Crippen LogP contribution in [0.25, 0.3) is 0 Å². The van der Waals surface area contributed by atoms with Crippen molar-refractivity contribution in [2.75, 3.05) is 25.9 Å². The molecule has 0 aliphatic carbocycles. The fourth-order valence-electron chi connectivity index (χ4n) is 2.73. The predicted octanol–water partition coefficient (Wildman–Crippen LogP) is 1.64. The van der Waals surface area contributed by atoms with Gasteiger partial charge in [0.1, 0.15) is 0 Å². The highest BCUT2D eigenvalue weighted by Gasteiger charge is 2.21. The molecule has 128 valence electrons. The van der Waals surface area contributed by atoms with Gasteiger partial charge >= 0.3 is 0 Å². The average molecular weight is 339 g/mol. The molecule has 2 heterocycles. The third-order valence-electron chi connectivity index (χ3n) is 4.07. The van der Waals surface area contributed by atoms with E-state index >= 15 is 0 Å². The first-order chi connectivity index (χ1) is 11.0. The Labute approximate surface area is 138 Å². The van der Waals surface area contributed by atoms with Crippen molar-refractivity contribution in [3.63, 3.8) is 0 Å². The molecule has 0 bridgehead atoms. The van der Waals surface area contributed by atoms with E-state index in [4.69, 9.17) is 0 Å². The number of rotatable bonds is 6. The number of aromatic nitrogens is 1. The molecule has 0 unspecified atom stereocenters. The lowest BCUT2D eigenvalue weighted by atomic mass is 10.2. The second kappa shape index (κ2) is 8.40. The van der Waals surface area contributed by atoms with Crippen molar-refractivity contribution < 1.29 is 13.2 Å². The van der Waals surface area contributed by atoms with Crippen molar-refractivity contribution in [2.45, 2.75) is 38.6 Å². The first-order valence-electron chi connectivity index (χ1n) is 8.09. The summed E-state index contributed by atoms with van der Waals surface area (Å²) in [7, 11) is -3.37. The van der Waals surface area contributed by atoms with E-state index in [0.717, 1.165) is 25.9 Å². The maximum atomic E-state index is 12.3. The number of pyridine rings is 1. The van der Waals surface area contributed by atoms with Gasteiger partial charge in [0.2, 0.25) is 15.9 Å². The summed E-state index contributed by atoms with van der Waals surface area (Å²) in [5, 5.41) is 0. The first-order valence-corrected chi connectivity index (χ1v) is 9.94. The van der Waals surface area contributed by atoms with Gasteiger partial charge in [-0.1, -0.05) is 18.9 Å². The number of likely N-dealkylation sites (tertiary alicyclic amines) is 1. The minimum absolute atomic E-state index is 0.0431. The van der Waals surface area contributed by atoms with Crippen LogP contribution in [0.1, 0.15) is 37.8 Å². The summed E-state index contributed by atoms with van der Waals surface area (Å²) in [5.41, 5.74) is 0.681. The molecule has 0 radical (unpaired) electrons. The lowest BCUT2D eigenvalue weighted by Crippen LogP contribution is -2.37. The molecule has 1 amide bonds. The second-order valence-corrected chi connectivity index (χ2v) is 7.95. The summed E-state index contributed by atoms with van der Waals surface area (Å²) in [4.78, 5) is 18.4. The van der Waals surface area contributed by atoms with Crippen LogP contribution in [0, 0.1) is 0 Å². The summed E-state index contributed by atoms with van der Waals surface area (Å²) in [6, 6.07) is 5.40. The molecule has 0 N–H and O–H groups in total. The summed E-state index contributed by atoms with van der Waals surface area (Å²) >= 11 is 0. The quantitative estimate of drug-likeness (QED) is 0.790. The fraction of sp³-hybridized carbons (Fsp3) is 0.625. The van der Waals surface area contributed by atoms with E-state index in [2.05, 4.69) is 4.98 Å². The molecule has 0 aromatic carbocycles. The van der Waals surface area contributed by atoms with Crippen LogP contribution in [0.4, 0.5) is 0 Å². The minimum Gasteiger partial charge on any atom is -0.343 e. The van der Waals surface area contributed by atoms with E-state index in [-0.39, 0.29) is 25.4 Å². The van der Waals surface area contributed by atoms with Gasteiger partial charge in [-0.3, -0.25) is 9.78 Å². The maximum Gasteiger partial charge on any atom is 0.223 e. The van der Waals surface area contributed by atoms with Gasteiger partial charge in [0, 0.05) is 32.3 Å². The molecule has 1 saturated heterocycles. The van der Waals surface area contributed by atoms with Crippen molar-refractivity contribution in [3.8, 4) is 0 Å². The van der Waals surface area contributed by atoms with Crippen LogP contribution in [0.2, 0.25) is 0 Å². The van der Waals surface area contributed by atoms with Crippen LogP contribution in [0.15, 0.2) is 24.4 Å². The number of hydrogen-bond acceptors (Lipinski definition) is 4. The van der Waals surface area contributed by atoms with Gasteiger partial charge in [-0.25, -0.2) is 8.42 Å². The highest BCUT2D eigenvalue weighted by atomic mass is 32.2. The van der Waals surface area contributed by atoms with Crippen molar-refractivity contribution in [3.05, 3.63) is 30.1 Å². The molecule has 6 nitrogen and oxygen atoms in total. The normalized spacial score (nSPS) is 16.3. The Hall–Kier alpha value is -1.47. The molecular formula is C16H25N3O3S.